The van der Waals surface area contributed by atoms with Crippen molar-refractivity contribution >= 4 is 17.6 Å². The summed E-state index contributed by atoms with van der Waals surface area (Å²) in [4.78, 5) is 35.5. The summed E-state index contributed by atoms with van der Waals surface area (Å²) in [6.45, 7) is 3.27. The maximum atomic E-state index is 13.1. The molecular weight excluding hydrogens is 432 g/mol. The van der Waals surface area contributed by atoms with E-state index in [9.17, 15) is 9.59 Å². The summed E-state index contributed by atoms with van der Waals surface area (Å²) >= 11 is 0. The number of hydrogen-bond acceptors (Lipinski definition) is 6. The quantitative estimate of drug-likeness (QED) is 0.555. The molecule has 0 saturated carbocycles. The first-order valence-electron chi connectivity index (χ1n) is 11.6. The van der Waals surface area contributed by atoms with Gasteiger partial charge in [0.1, 0.15) is 12.4 Å². The Balaban J connectivity index is 1.16. The van der Waals surface area contributed by atoms with Gasteiger partial charge in [-0.3, -0.25) is 14.8 Å². The molecule has 34 heavy (non-hydrogen) atoms. The number of rotatable bonds is 8. The molecule has 2 aliphatic heterocycles. The molecular formula is C25H28N6O3. The van der Waals surface area contributed by atoms with Crippen LogP contribution in [0.4, 0.5) is 10.5 Å². The van der Waals surface area contributed by atoms with E-state index in [4.69, 9.17) is 4.74 Å². The van der Waals surface area contributed by atoms with E-state index < -0.39 is 0 Å². The number of nitrogens with zero attached hydrogens (tertiary/aromatic N) is 5. The van der Waals surface area contributed by atoms with E-state index in [1.165, 1.54) is 10.6 Å². The fourth-order valence-corrected chi connectivity index (χ4v) is 4.51. The maximum absolute atomic E-state index is 13.1. The summed E-state index contributed by atoms with van der Waals surface area (Å²) in [6, 6.07) is 19.5. The number of H-pyrrole nitrogens is 1. The van der Waals surface area contributed by atoms with Crippen molar-refractivity contribution in [2.75, 3.05) is 31.1 Å². The first kappa shape index (κ1) is 21.9. The monoisotopic (exact) mass is 460 g/mol. The van der Waals surface area contributed by atoms with Gasteiger partial charge in [-0.1, -0.05) is 36.4 Å². The van der Waals surface area contributed by atoms with Gasteiger partial charge in [0.15, 0.2) is 11.6 Å². The number of ether oxygens (including phenoxy) is 1. The molecule has 3 heterocycles. The zero-order valence-corrected chi connectivity index (χ0v) is 19.0. The Bertz CT molecular complexity index is 1120. The van der Waals surface area contributed by atoms with Crippen molar-refractivity contribution in [1.82, 2.24) is 25.0 Å². The molecule has 0 bridgehead atoms. The number of para-hydroxylation sites is 2. The average Bonchev–Trinajstić information content (AvgIpc) is 3.53. The van der Waals surface area contributed by atoms with E-state index in [1.54, 1.807) is 4.90 Å². The molecule has 2 saturated heterocycles. The van der Waals surface area contributed by atoms with Gasteiger partial charge < -0.3 is 14.5 Å². The van der Waals surface area contributed by atoms with Crippen molar-refractivity contribution in [2.45, 2.75) is 26.0 Å². The zero-order valence-electron chi connectivity index (χ0n) is 19.0. The molecule has 9 heteroatoms. The highest BCUT2D eigenvalue weighted by Gasteiger charge is 2.35. The fourth-order valence-electron chi connectivity index (χ4n) is 4.51. The Morgan fingerprint density at radius 3 is 2.56 bits per heavy atom. The topological polar surface area (TPSA) is 94.7 Å². The predicted molar refractivity (Wildman–Crippen MR) is 126 cm³/mol. The predicted octanol–water partition coefficient (Wildman–Crippen LogP) is 3.06. The lowest BCUT2D eigenvalue weighted by molar-refractivity contribution is -0.131. The molecule has 2 aromatic carbocycles. The third-order valence-electron chi connectivity index (χ3n) is 6.28. The van der Waals surface area contributed by atoms with Crippen LogP contribution in [0.15, 0.2) is 60.7 Å². The number of imide groups is 1. The molecule has 3 aromatic rings. The summed E-state index contributed by atoms with van der Waals surface area (Å²) in [6.07, 6.45) is 1.34. The average molecular weight is 461 g/mol. The molecule has 9 nitrogen and oxygen atoms in total. The van der Waals surface area contributed by atoms with Gasteiger partial charge in [-0.05, 0) is 36.6 Å². The van der Waals surface area contributed by atoms with E-state index in [-0.39, 0.29) is 25.1 Å². The van der Waals surface area contributed by atoms with Gasteiger partial charge in [0.25, 0.3) is 0 Å². The minimum absolute atomic E-state index is 0.0524. The SMILES string of the molecule is O=C1CCN(CC2CCN(c3ccccc3)C2)C(=O)N1Cc1n[nH]c(COc2ccccc2)n1. The van der Waals surface area contributed by atoms with E-state index in [2.05, 4.69) is 32.2 Å². The van der Waals surface area contributed by atoms with Crippen LogP contribution in [-0.4, -0.2) is 63.1 Å². The van der Waals surface area contributed by atoms with Crippen molar-refractivity contribution in [2.24, 2.45) is 5.92 Å². The number of aromatic amines is 1. The van der Waals surface area contributed by atoms with Crippen LogP contribution in [0.5, 0.6) is 5.75 Å². The van der Waals surface area contributed by atoms with Crippen molar-refractivity contribution in [3.8, 4) is 5.75 Å². The van der Waals surface area contributed by atoms with Gasteiger partial charge in [0, 0.05) is 38.3 Å². The van der Waals surface area contributed by atoms with Crippen LogP contribution in [-0.2, 0) is 17.9 Å². The summed E-state index contributed by atoms with van der Waals surface area (Å²) < 4.78 is 5.68. The number of urea groups is 1. The Hall–Kier alpha value is -3.88. The number of anilines is 1. The number of aromatic nitrogens is 3. The largest absolute Gasteiger partial charge is 0.486 e. The summed E-state index contributed by atoms with van der Waals surface area (Å²) in [5.41, 5.74) is 1.21. The molecule has 2 aliphatic rings. The number of amides is 3. The van der Waals surface area contributed by atoms with Crippen LogP contribution in [0.1, 0.15) is 24.5 Å². The molecule has 0 spiro atoms. The first-order valence-corrected chi connectivity index (χ1v) is 11.6. The second-order valence-corrected chi connectivity index (χ2v) is 8.69. The van der Waals surface area contributed by atoms with Gasteiger partial charge in [-0.25, -0.2) is 9.78 Å². The van der Waals surface area contributed by atoms with Crippen LogP contribution in [0.2, 0.25) is 0 Å². The second kappa shape index (κ2) is 9.94. The molecule has 0 aliphatic carbocycles. The third kappa shape index (κ3) is 5.03. The first-order chi connectivity index (χ1) is 16.7. The van der Waals surface area contributed by atoms with Crippen molar-refractivity contribution < 1.29 is 14.3 Å². The van der Waals surface area contributed by atoms with Gasteiger partial charge in [0.05, 0.1) is 6.54 Å². The summed E-state index contributed by atoms with van der Waals surface area (Å²) in [5, 5.41) is 7.01. The highest BCUT2D eigenvalue weighted by Crippen LogP contribution is 2.25. The smallest absolute Gasteiger partial charge is 0.327 e. The van der Waals surface area contributed by atoms with Crippen LogP contribution >= 0.6 is 0 Å². The minimum atomic E-state index is -0.263. The van der Waals surface area contributed by atoms with Crippen LogP contribution in [0, 0.1) is 5.92 Å². The number of nitrogens with one attached hydrogen (secondary N) is 1. The van der Waals surface area contributed by atoms with Crippen LogP contribution in [0.3, 0.4) is 0 Å². The Morgan fingerprint density at radius 1 is 1.00 bits per heavy atom. The minimum Gasteiger partial charge on any atom is -0.486 e. The van der Waals surface area contributed by atoms with Gasteiger partial charge in [-0.15, -0.1) is 0 Å². The number of carbonyl (C=O) groups is 2. The van der Waals surface area contributed by atoms with Gasteiger partial charge in [-0.2, -0.15) is 5.10 Å². The standard InChI is InChI=1S/C25H28N6O3/c32-24-12-14-30(16-19-11-13-29(15-19)20-7-3-1-4-8-20)25(33)31(24)17-22-26-23(28-27-22)18-34-21-9-5-2-6-10-21/h1-10,19H,11-18H2,(H,26,27,28). The highest BCUT2D eigenvalue weighted by molar-refractivity contribution is 5.96. The zero-order chi connectivity index (χ0) is 23.3. The number of hydrogen-bond donors (Lipinski definition) is 1. The Morgan fingerprint density at radius 2 is 1.76 bits per heavy atom. The van der Waals surface area contributed by atoms with Crippen molar-refractivity contribution in [3.05, 3.63) is 72.3 Å². The lowest BCUT2D eigenvalue weighted by Crippen LogP contribution is -2.53. The molecule has 1 N–H and O–H groups in total. The molecule has 1 atom stereocenters. The molecule has 0 radical (unpaired) electrons. The summed E-state index contributed by atoms with van der Waals surface area (Å²) in [7, 11) is 0. The number of benzene rings is 2. The van der Waals surface area contributed by atoms with Gasteiger partial charge in [0.2, 0.25) is 5.91 Å². The second-order valence-electron chi connectivity index (χ2n) is 8.69. The molecule has 1 unspecified atom stereocenters. The van der Waals surface area contributed by atoms with Crippen molar-refractivity contribution in [3.63, 3.8) is 0 Å². The molecule has 5 rings (SSSR count). The molecule has 3 amide bonds. The third-order valence-corrected chi connectivity index (χ3v) is 6.28. The van der Waals surface area contributed by atoms with E-state index in [0.29, 0.717) is 37.1 Å². The lowest BCUT2D eigenvalue weighted by Gasteiger charge is -2.35. The molecule has 1 aromatic heterocycles. The van der Waals surface area contributed by atoms with E-state index >= 15 is 0 Å². The lowest BCUT2D eigenvalue weighted by atomic mass is 10.1. The fraction of sp³-hybridized carbons (Fsp3) is 0.360. The Kier molecular flexibility index (Phi) is 6.42. The van der Waals surface area contributed by atoms with Crippen LogP contribution < -0.4 is 9.64 Å². The van der Waals surface area contributed by atoms with Gasteiger partial charge >= 0.3 is 6.03 Å². The molecule has 2 fully saturated rings. The highest BCUT2D eigenvalue weighted by atomic mass is 16.5. The van der Waals surface area contributed by atoms with Crippen LogP contribution in [0.25, 0.3) is 0 Å². The Labute approximate surface area is 198 Å². The van der Waals surface area contributed by atoms with E-state index in [1.807, 2.05) is 48.5 Å². The number of carbonyl (C=O) groups excluding carboxylic acids is 2. The van der Waals surface area contributed by atoms with E-state index in [0.717, 1.165) is 25.3 Å². The summed E-state index contributed by atoms with van der Waals surface area (Å²) in [5.74, 6) is 1.86. The molecule has 176 valence electrons. The van der Waals surface area contributed by atoms with Crippen molar-refractivity contribution in [1.29, 1.82) is 0 Å². The normalized spacial score (nSPS) is 18.6. The maximum Gasteiger partial charge on any atom is 0.327 e.